The summed E-state index contributed by atoms with van der Waals surface area (Å²) in [5, 5.41) is 3.13. The molecule has 3 amide bonds. The Morgan fingerprint density at radius 1 is 1.00 bits per heavy atom. The number of likely N-dealkylation sites (tertiary alicyclic amines) is 1. The van der Waals surface area contributed by atoms with Crippen molar-refractivity contribution < 1.29 is 14.4 Å². The quantitative estimate of drug-likeness (QED) is 0.633. The lowest BCUT2D eigenvalue weighted by Gasteiger charge is -2.34. The van der Waals surface area contributed by atoms with E-state index in [4.69, 9.17) is 0 Å². The van der Waals surface area contributed by atoms with Crippen LogP contribution in [0.2, 0.25) is 0 Å². The van der Waals surface area contributed by atoms with Crippen molar-refractivity contribution in [2.75, 3.05) is 0 Å². The van der Waals surface area contributed by atoms with E-state index in [-0.39, 0.29) is 35.7 Å². The summed E-state index contributed by atoms with van der Waals surface area (Å²) in [7, 11) is 0. The van der Waals surface area contributed by atoms with Crippen molar-refractivity contribution >= 4 is 17.7 Å². The van der Waals surface area contributed by atoms with E-state index in [1.165, 1.54) is 4.90 Å². The second kappa shape index (κ2) is 6.00. The van der Waals surface area contributed by atoms with Crippen molar-refractivity contribution in [2.45, 2.75) is 63.5 Å². The molecule has 0 radical (unpaired) electrons. The Morgan fingerprint density at radius 3 is 2.14 bits per heavy atom. The maximum absolute atomic E-state index is 12.1. The van der Waals surface area contributed by atoms with E-state index in [0.717, 1.165) is 38.5 Å². The largest absolute Gasteiger partial charge is 0.353 e. The SMILES string of the molecule is O=C(NC1CCC(N2C(=O)CCC2=O)CC1)C1CC=CC1. The van der Waals surface area contributed by atoms with Gasteiger partial charge in [-0.25, -0.2) is 0 Å². The van der Waals surface area contributed by atoms with E-state index < -0.39 is 0 Å². The normalized spacial score (nSPS) is 30.2. The van der Waals surface area contributed by atoms with Crippen molar-refractivity contribution in [3.8, 4) is 0 Å². The number of amides is 3. The van der Waals surface area contributed by atoms with Crippen LogP contribution < -0.4 is 5.32 Å². The summed E-state index contributed by atoms with van der Waals surface area (Å²) >= 11 is 0. The maximum atomic E-state index is 12.1. The van der Waals surface area contributed by atoms with Crippen LogP contribution in [0.5, 0.6) is 0 Å². The predicted octanol–water partition coefficient (Wildman–Crippen LogP) is 1.53. The molecule has 0 aromatic heterocycles. The molecule has 5 heteroatoms. The zero-order chi connectivity index (χ0) is 14.8. The van der Waals surface area contributed by atoms with Gasteiger partial charge in [-0.3, -0.25) is 19.3 Å². The van der Waals surface area contributed by atoms with E-state index in [9.17, 15) is 14.4 Å². The second-order valence-electron chi connectivity index (χ2n) is 6.31. The minimum atomic E-state index is -0.0236. The third kappa shape index (κ3) is 3.01. The molecule has 1 N–H and O–H groups in total. The molecule has 0 unspecified atom stereocenters. The van der Waals surface area contributed by atoms with Crippen LogP contribution in [0.3, 0.4) is 0 Å². The number of nitrogens with zero attached hydrogens (tertiary/aromatic N) is 1. The Bertz CT molecular complexity index is 454. The molecule has 0 spiro atoms. The van der Waals surface area contributed by atoms with E-state index >= 15 is 0 Å². The van der Waals surface area contributed by atoms with Crippen LogP contribution in [0.4, 0.5) is 0 Å². The Balaban J connectivity index is 1.47. The lowest BCUT2D eigenvalue weighted by molar-refractivity contribution is -0.142. The number of carbonyl (C=O) groups is 3. The van der Waals surface area contributed by atoms with Gasteiger partial charge in [0.25, 0.3) is 0 Å². The zero-order valence-electron chi connectivity index (χ0n) is 12.2. The van der Waals surface area contributed by atoms with Gasteiger partial charge in [0, 0.05) is 30.8 Å². The third-order valence-corrected chi connectivity index (χ3v) is 4.88. The van der Waals surface area contributed by atoms with Crippen LogP contribution in [-0.2, 0) is 14.4 Å². The highest BCUT2D eigenvalue weighted by Gasteiger charge is 2.37. The van der Waals surface area contributed by atoms with Crippen molar-refractivity contribution in [3.05, 3.63) is 12.2 Å². The second-order valence-corrected chi connectivity index (χ2v) is 6.31. The zero-order valence-corrected chi connectivity index (χ0v) is 12.2. The van der Waals surface area contributed by atoms with Crippen molar-refractivity contribution in [1.29, 1.82) is 0 Å². The molecule has 114 valence electrons. The average molecular weight is 290 g/mol. The molecule has 21 heavy (non-hydrogen) atoms. The van der Waals surface area contributed by atoms with Crippen molar-refractivity contribution in [3.63, 3.8) is 0 Å². The van der Waals surface area contributed by atoms with Crippen molar-refractivity contribution in [1.82, 2.24) is 10.2 Å². The summed E-state index contributed by atoms with van der Waals surface area (Å²) in [4.78, 5) is 37.0. The van der Waals surface area contributed by atoms with Gasteiger partial charge in [0.15, 0.2) is 0 Å². The molecule has 2 fully saturated rings. The maximum Gasteiger partial charge on any atom is 0.229 e. The molecule has 2 aliphatic carbocycles. The van der Waals surface area contributed by atoms with Crippen LogP contribution in [0.25, 0.3) is 0 Å². The first kappa shape index (κ1) is 14.3. The topological polar surface area (TPSA) is 66.5 Å². The van der Waals surface area contributed by atoms with Gasteiger partial charge in [0.05, 0.1) is 0 Å². The molecule has 1 saturated carbocycles. The van der Waals surface area contributed by atoms with Gasteiger partial charge in [0.1, 0.15) is 0 Å². The van der Waals surface area contributed by atoms with Gasteiger partial charge < -0.3 is 5.32 Å². The highest BCUT2D eigenvalue weighted by molar-refractivity contribution is 6.02. The summed E-state index contributed by atoms with van der Waals surface area (Å²) in [6, 6.07) is 0.246. The fourth-order valence-corrected chi connectivity index (χ4v) is 3.63. The van der Waals surface area contributed by atoms with E-state index in [1.54, 1.807) is 0 Å². The number of hydrogen-bond acceptors (Lipinski definition) is 3. The molecule has 5 nitrogen and oxygen atoms in total. The summed E-state index contributed by atoms with van der Waals surface area (Å²) in [6.07, 6.45) is 9.87. The number of rotatable bonds is 3. The standard InChI is InChI=1S/C16H22N2O3/c19-14-9-10-15(20)18(14)13-7-5-12(6-8-13)17-16(21)11-3-1-2-4-11/h1-2,11-13H,3-10H2,(H,17,21). The first-order valence-electron chi connectivity index (χ1n) is 7.95. The van der Waals surface area contributed by atoms with Crippen LogP contribution in [0.1, 0.15) is 51.4 Å². The summed E-state index contributed by atoms with van der Waals surface area (Å²) < 4.78 is 0. The van der Waals surface area contributed by atoms with Gasteiger partial charge in [0.2, 0.25) is 17.7 Å². The Labute approximate surface area is 124 Å². The molecule has 0 aromatic carbocycles. The summed E-state index contributed by atoms with van der Waals surface area (Å²) in [5.74, 6) is 0.204. The Kier molecular flexibility index (Phi) is 4.08. The van der Waals surface area contributed by atoms with E-state index in [1.807, 2.05) is 0 Å². The monoisotopic (exact) mass is 290 g/mol. The fraction of sp³-hybridized carbons (Fsp3) is 0.688. The highest BCUT2D eigenvalue weighted by Crippen LogP contribution is 2.28. The number of allylic oxidation sites excluding steroid dienone is 2. The number of carbonyl (C=O) groups excluding carboxylic acids is 3. The number of hydrogen-bond donors (Lipinski definition) is 1. The molecular weight excluding hydrogens is 268 g/mol. The van der Waals surface area contributed by atoms with E-state index in [2.05, 4.69) is 17.5 Å². The summed E-state index contributed by atoms with van der Waals surface area (Å²) in [5.41, 5.74) is 0. The van der Waals surface area contributed by atoms with Crippen LogP contribution >= 0.6 is 0 Å². The number of imide groups is 1. The lowest BCUT2D eigenvalue weighted by Crippen LogP contribution is -2.46. The molecule has 1 aliphatic heterocycles. The first-order chi connectivity index (χ1) is 10.1. The van der Waals surface area contributed by atoms with Gasteiger partial charge in [-0.15, -0.1) is 0 Å². The van der Waals surface area contributed by atoms with E-state index in [0.29, 0.717) is 12.8 Å². The lowest BCUT2D eigenvalue weighted by atomic mass is 9.89. The number of nitrogens with one attached hydrogen (secondary N) is 1. The van der Waals surface area contributed by atoms with Crippen LogP contribution in [-0.4, -0.2) is 34.7 Å². The smallest absolute Gasteiger partial charge is 0.229 e. The molecule has 0 atom stereocenters. The molecule has 0 bridgehead atoms. The minimum absolute atomic E-state index is 0.0236. The van der Waals surface area contributed by atoms with Gasteiger partial charge in [-0.2, -0.15) is 0 Å². The molecule has 0 aromatic rings. The first-order valence-corrected chi connectivity index (χ1v) is 7.95. The van der Waals surface area contributed by atoms with Gasteiger partial charge in [-0.1, -0.05) is 12.2 Å². The van der Waals surface area contributed by atoms with Gasteiger partial charge in [-0.05, 0) is 38.5 Å². The molecule has 1 heterocycles. The van der Waals surface area contributed by atoms with Gasteiger partial charge >= 0.3 is 0 Å². The molecular formula is C16H22N2O3. The highest BCUT2D eigenvalue weighted by atomic mass is 16.2. The van der Waals surface area contributed by atoms with Crippen LogP contribution in [0.15, 0.2) is 12.2 Å². The fourth-order valence-electron chi connectivity index (χ4n) is 3.63. The average Bonchev–Trinajstić information content (AvgIpc) is 3.11. The Morgan fingerprint density at radius 2 is 1.57 bits per heavy atom. The van der Waals surface area contributed by atoms with Crippen molar-refractivity contribution in [2.24, 2.45) is 5.92 Å². The van der Waals surface area contributed by atoms with Crippen LogP contribution in [0, 0.1) is 5.92 Å². The molecule has 1 saturated heterocycles. The summed E-state index contributed by atoms with van der Waals surface area (Å²) in [6.45, 7) is 0. The Hall–Kier alpha value is -1.65. The molecule has 3 aliphatic rings. The minimum Gasteiger partial charge on any atom is -0.353 e. The predicted molar refractivity (Wildman–Crippen MR) is 77.1 cm³/mol. The third-order valence-electron chi connectivity index (χ3n) is 4.88. The molecule has 3 rings (SSSR count).